The smallest absolute Gasteiger partial charge is 0.234 e. The molecule has 0 aromatic heterocycles. The standard InChI is InChI=1S/C15H24N2O2/c1-12-6-5-7-13(10-12)19-9-8-16-14(18)11-17-15(2,3)4/h5-7,10,17H,8-9,11H2,1-4H3,(H,16,18). The van der Waals surface area contributed by atoms with Crippen molar-refractivity contribution in [3.05, 3.63) is 29.8 Å². The molecular weight excluding hydrogens is 240 g/mol. The molecular formula is C15H24N2O2. The number of carbonyl (C=O) groups excluding carboxylic acids is 1. The number of amides is 1. The maximum absolute atomic E-state index is 11.5. The van der Waals surface area contributed by atoms with Crippen molar-refractivity contribution in [2.24, 2.45) is 0 Å². The van der Waals surface area contributed by atoms with Gasteiger partial charge in [0, 0.05) is 5.54 Å². The lowest BCUT2D eigenvalue weighted by molar-refractivity contribution is -0.120. The molecule has 1 amide bonds. The van der Waals surface area contributed by atoms with E-state index in [1.165, 1.54) is 0 Å². The number of carbonyl (C=O) groups is 1. The number of benzene rings is 1. The molecule has 4 heteroatoms. The number of hydrogen-bond donors (Lipinski definition) is 2. The van der Waals surface area contributed by atoms with Gasteiger partial charge in [-0.2, -0.15) is 0 Å². The van der Waals surface area contributed by atoms with Gasteiger partial charge in [0.1, 0.15) is 12.4 Å². The summed E-state index contributed by atoms with van der Waals surface area (Å²) in [7, 11) is 0. The van der Waals surface area contributed by atoms with Gasteiger partial charge in [0.05, 0.1) is 13.1 Å². The Morgan fingerprint density at radius 2 is 2.05 bits per heavy atom. The van der Waals surface area contributed by atoms with E-state index in [4.69, 9.17) is 4.74 Å². The molecule has 1 rings (SSSR count). The Labute approximate surface area is 115 Å². The van der Waals surface area contributed by atoms with Crippen LogP contribution in [0.3, 0.4) is 0 Å². The third-order valence-corrected chi connectivity index (χ3v) is 2.46. The second-order valence-electron chi connectivity index (χ2n) is 5.62. The van der Waals surface area contributed by atoms with Crippen LogP contribution in [0.2, 0.25) is 0 Å². The second kappa shape index (κ2) is 7.14. The van der Waals surface area contributed by atoms with Crippen molar-refractivity contribution in [3.63, 3.8) is 0 Å². The topological polar surface area (TPSA) is 50.4 Å². The molecule has 0 atom stereocenters. The fourth-order valence-corrected chi connectivity index (χ4v) is 1.47. The predicted molar refractivity (Wildman–Crippen MR) is 77.4 cm³/mol. The van der Waals surface area contributed by atoms with Crippen molar-refractivity contribution in [3.8, 4) is 5.75 Å². The average molecular weight is 264 g/mol. The van der Waals surface area contributed by atoms with Crippen LogP contribution in [-0.4, -0.2) is 31.1 Å². The highest BCUT2D eigenvalue weighted by molar-refractivity contribution is 5.78. The van der Waals surface area contributed by atoms with E-state index >= 15 is 0 Å². The van der Waals surface area contributed by atoms with Gasteiger partial charge in [0.25, 0.3) is 0 Å². The minimum atomic E-state index is -0.0462. The fraction of sp³-hybridized carbons (Fsp3) is 0.533. The first-order chi connectivity index (χ1) is 8.87. The number of aryl methyl sites for hydroxylation is 1. The van der Waals surface area contributed by atoms with Gasteiger partial charge in [-0.25, -0.2) is 0 Å². The van der Waals surface area contributed by atoms with Crippen LogP contribution < -0.4 is 15.4 Å². The fourth-order valence-electron chi connectivity index (χ4n) is 1.47. The Bertz CT molecular complexity index is 411. The van der Waals surface area contributed by atoms with Crippen LogP contribution in [0, 0.1) is 6.92 Å². The lowest BCUT2D eigenvalue weighted by Crippen LogP contribution is -2.43. The van der Waals surface area contributed by atoms with Gasteiger partial charge in [0.15, 0.2) is 0 Å². The predicted octanol–water partition coefficient (Wildman–Crippen LogP) is 1.88. The highest BCUT2D eigenvalue weighted by atomic mass is 16.5. The van der Waals surface area contributed by atoms with Gasteiger partial charge >= 0.3 is 0 Å². The lowest BCUT2D eigenvalue weighted by atomic mass is 10.1. The Morgan fingerprint density at radius 3 is 2.68 bits per heavy atom. The molecule has 0 fully saturated rings. The van der Waals surface area contributed by atoms with E-state index in [-0.39, 0.29) is 11.4 Å². The Kier molecular flexibility index (Phi) is 5.83. The van der Waals surface area contributed by atoms with E-state index in [0.29, 0.717) is 19.7 Å². The van der Waals surface area contributed by atoms with Crippen molar-refractivity contribution in [2.45, 2.75) is 33.2 Å². The molecule has 0 radical (unpaired) electrons. The molecule has 1 aromatic carbocycles. The monoisotopic (exact) mass is 264 g/mol. The largest absolute Gasteiger partial charge is 0.492 e. The van der Waals surface area contributed by atoms with E-state index in [0.717, 1.165) is 11.3 Å². The van der Waals surface area contributed by atoms with Crippen LogP contribution in [-0.2, 0) is 4.79 Å². The maximum atomic E-state index is 11.5. The summed E-state index contributed by atoms with van der Waals surface area (Å²) in [5, 5.41) is 5.95. The number of hydrogen-bond acceptors (Lipinski definition) is 3. The van der Waals surface area contributed by atoms with Crippen molar-refractivity contribution < 1.29 is 9.53 Å². The molecule has 2 N–H and O–H groups in total. The van der Waals surface area contributed by atoms with E-state index in [1.54, 1.807) is 0 Å². The Balaban J connectivity index is 2.15. The third kappa shape index (κ3) is 7.47. The van der Waals surface area contributed by atoms with Gasteiger partial charge in [-0.05, 0) is 45.4 Å². The molecule has 19 heavy (non-hydrogen) atoms. The summed E-state index contributed by atoms with van der Waals surface area (Å²) in [6, 6.07) is 7.86. The molecule has 0 aliphatic heterocycles. The van der Waals surface area contributed by atoms with Crippen molar-refractivity contribution in [1.29, 1.82) is 0 Å². The molecule has 1 aromatic rings. The molecule has 0 saturated carbocycles. The lowest BCUT2D eigenvalue weighted by Gasteiger charge is -2.20. The van der Waals surface area contributed by atoms with E-state index in [9.17, 15) is 4.79 Å². The van der Waals surface area contributed by atoms with Crippen molar-refractivity contribution in [2.75, 3.05) is 19.7 Å². The van der Waals surface area contributed by atoms with Gasteiger partial charge in [0.2, 0.25) is 5.91 Å². The van der Waals surface area contributed by atoms with Crippen LogP contribution in [0.4, 0.5) is 0 Å². The summed E-state index contributed by atoms with van der Waals surface area (Å²) in [6.07, 6.45) is 0. The van der Waals surface area contributed by atoms with Crippen molar-refractivity contribution in [1.82, 2.24) is 10.6 Å². The van der Waals surface area contributed by atoms with Gasteiger partial charge in [-0.3, -0.25) is 4.79 Å². The minimum Gasteiger partial charge on any atom is -0.492 e. The van der Waals surface area contributed by atoms with Gasteiger partial charge in [-0.15, -0.1) is 0 Å². The second-order valence-corrected chi connectivity index (χ2v) is 5.62. The number of ether oxygens (including phenoxy) is 1. The summed E-state index contributed by atoms with van der Waals surface area (Å²) in [5.41, 5.74) is 1.12. The highest BCUT2D eigenvalue weighted by Crippen LogP contribution is 2.11. The first-order valence-corrected chi connectivity index (χ1v) is 6.58. The third-order valence-electron chi connectivity index (χ3n) is 2.46. The molecule has 0 saturated heterocycles. The summed E-state index contributed by atoms with van der Waals surface area (Å²) < 4.78 is 5.55. The molecule has 0 heterocycles. The zero-order valence-corrected chi connectivity index (χ0v) is 12.2. The Morgan fingerprint density at radius 1 is 1.32 bits per heavy atom. The zero-order chi connectivity index (χ0) is 14.3. The van der Waals surface area contributed by atoms with Crippen molar-refractivity contribution >= 4 is 5.91 Å². The summed E-state index contributed by atoms with van der Waals surface area (Å²) in [5.74, 6) is 0.824. The van der Waals surface area contributed by atoms with Crippen LogP contribution in [0.1, 0.15) is 26.3 Å². The summed E-state index contributed by atoms with van der Waals surface area (Å²) in [4.78, 5) is 11.5. The number of nitrogens with one attached hydrogen (secondary N) is 2. The SMILES string of the molecule is Cc1cccc(OCCNC(=O)CNC(C)(C)C)c1. The molecule has 0 aliphatic carbocycles. The molecule has 106 valence electrons. The van der Waals surface area contributed by atoms with Gasteiger partial charge in [-0.1, -0.05) is 12.1 Å². The molecule has 4 nitrogen and oxygen atoms in total. The molecule has 0 bridgehead atoms. The minimum absolute atomic E-state index is 0.0113. The van der Waals surface area contributed by atoms with E-state index < -0.39 is 0 Å². The van der Waals surface area contributed by atoms with Crippen LogP contribution in [0.25, 0.3) is 0 Å². The normalized spacial score (nSPS) is 11.2. The first-order valence-electron chi connectivity index (χ1n) is 6.58. The average Bonchev–Trinajstić information content (AvgIpc) is 2.31. The molecule has 0 unspecified atom stereocenters. The maximum Gasteiger partial charge on any atom is 0.234 e. The van der Waals surface area contributed by atoms with E-state index in [1.807, 2.05) is 52.0 Å². The van der Waals surface area contributed by atoms with E-state index in [2.05, 4.69) is 10.6 Å². The van der Waals surface area contributed by atoms with Crippen LogP contribution in [0.15, 0.2) is 24.3 Å². The van der Waals surface area contributed by atoms with Gasteiger partial charge < -0.3 is 15.4 Å². The first kappa shape index (κ1) is 15.5. The number of rotatable bonds is 6. The molecule has 0 spiro atoms. The summed E-state index contributed by atoms with van der Waals surface area (Å²) >= 11 is 0. The quantitative estimate of drug-likeness (QED) is 0.771. The van der Waals surface area contributed by atoms with Crippen LogP contribution in [0.5, 0.6) is 5.75 Å². The zero-order valence-electron chi connectivity index (χ0n) is 12.2. The summed E-state index contributed by atoms with van der Waals surface area (Å²) in [6.45, 7) is 9.42. The molecule has 0 aliphatic rings. The highest BCUT2D eigenvalue weighted by Gasteiger charge is 2.10. The Hall–Kier alpha value is -1.55. The van der Waals surface area contributed by atoms with Crippen LogP contribution >= 0.6 is 0 Å².